The average Bonchev–Trinajstić information content (AvgIpc) is 2.81. The third kappa shape index (κ3) is 2.84. The molecule has 0 bridgehead atoms. The molecular weight excluding hydrogens is 303 g/mol. The lowest BCUT2D eigenvalue weighted by Gasteiger charge is -2.21. The molecule has 2 aromatic rings. The molecule has 0 saturated heterocycles. The zero-order chi connectivity index (χ0) is 12.3. The van der Waals surface area contributed by atoms with Crippen LogP contribution in [0.1, 0.15) is 11.3 Å². The minimum absolute atomic E-state index is 0.195. The number of hydrogen-bond donors (Lipinski definition) is 0. The summed E-state index contributed by atoms with van der Waals surface area (Å²) in [6.45, 7) is 0.616. The third-order valence-electron chi connectivity index (χ3n) is 2.48. The fraction of sp³-hybridized carbons (Fsp3) is 0.250. The Morgan fingerprint density at radius 2 is 2.29 bits per heavy atom. The van der Waals surface area contributed by atoms with Gasteiger partial charge in [0.1, 0.15) is 5.82 Å². The van der Waals surface area contributed by atoms with Crippen molar-refractivity contribution in [3.63, 3.8) is 0 Å². The maximum Gasteiger partial charge on any atom is 0.146 e. The minimum Gasteiger partial charge on any atom is -0.366 e. The Morgan fingerprint density at radius 3 is 2.94 bits per heavy atom. The number of anilines is 1. The zero-order valence-electron chi connectivity index (χ0n) is 9.36. The van der Waals surface area contributed by atoms with Crippen LogP contribution in [-0.4, -0.2) is 12.0 Å². The summed E-state index contributed by atoms with van der Waals surface area (Å²) in [6.07, 6.45) is 0. The first kappa shape index (κ1) is 12.5. The van der Waals surface area contributed by atoms with Crippen molar-refractivity contribution in [1.29, 1.82) is 0 Å². The van der Waals surface area contributed by atoms with Crippen LogP contribution < -0.4 is 4.90 Å². The summed E-state index contributed by atoms with van der Waals surface area (Å²) in [5.74, 6) is -0.195. The molecule has 0 radical (unpaired) electrons. The summed E-state index contributed by atoms with van der Waals surface area (Å²) in [5.41, 5.74) is 4.33. The van der Waals surface area contributed by atoms with Gasteiger partial charge in [0.05, 0.1) is 23.4 Å². The van der Waals surface area contributed by atoms with Gasteiger partial charge < -0.3 is 4.90 Å². The van der Waals surface area contributed by atoms with Crippen LogP contribution in [0.25, 0.3) is 0 Å². The second kappa shape index (κ2) is 5.60. The molecule has 0 atom stereocenters. The first-order valence-corrected chi connectivity index (χ1v) is 7.20. The fourth-order valence-electron chi connectivity index (χ4n) is 1.73. The van der Waals surface area contributed by atoms with Crippen molar-refractivity contribution in [2.75, 3.05) is 11.9 Å². The molecule has 0 aliphatic rings. The SMILES string of the molecule is CN(Cc1cscn1)c1c(F)cccc1CBr. The lowest BCUT2D eigenvalue weighted by atomic mass is 10.1. The Hall–Kier alpha value is -0.940. The molecule has 0 aliphatic carbocycles. The fourth-order valence-corrected chi connectivity index (χ4v) is 2.74. The van der Waals surface area contributed by atoms with Gasteiger partial charge in [0.15, 0.2) is 0 Å². The van der Waals surface area contributed by atoms with Gasteiger partial charge in [0, 0.05) is 17.8 Å². The molecule has 0 unspecified atom stereocenters. The summed E-state index contributed by atoms with van der Waals surface area (Å²) in [4.78, 5) is 6.10. The predicted octanol–water partition coefficient (Wildman–Crippen LogP) is 3.81. The van der Waals surface area contributed by atoms with E-state index in [1.165, 1.54) is 6.07 Å². The van der Waals surface area contributed by atoms with E-state index in [2.05, 4.69) is 20.9 Å². The minimum atomic E-state index is -0.195. The molecule has 5 heteroatoms. The lowest BCUT2D eigenvalue weighted by molar-refractivity contribution is 0.620. The van der Waals surface area contributed by atoms with E-state index in [1.807, 2.05) is 23.4 Å². The summed E-state index contributed by atoms with van der Waals surface area (Å²) in [6, 6.07) is 5.13. The molecule has 2 rings (SSSR count). The van der Waals surface area contributed by atoms with E-state index in [-0.39, 0.29) is 5.82 Å². The van der Waals surface area contributed by atoms with Crippen molar-refractivity contribution in [1.82, 2.24) is 4.98 Å². The largest absolute Gasteiger partial charge is 0.366 e. The molecule has 0 amide bonds. The van der Waals surface area contributed by atoms with Crippen LogP contribution in [0.15, 0.2) is 29.1 Å². The maximum absolute atomic E-state index is 13.8. The Morgan fingerprint density at radius 1 is 1.47 bits per heavy atom. The van der Waals surface area contributed by atoms with Gasteiger partial charge >= 0.3 is 0 Å². The monoisotopic (exact) mass is 314 g/mol. The summed E-state index contributed by atoms with van der Waals surface area (Å²) in [7, 11) is 1.88. The van der Waals surface area contributed by atoms with Crippen LogP contribution in [0.4, 0.5) is 10.1 Å². The number of nitrogens with zero attached hydrogens (tertiary/aromatic N) is 2. The highest BCUT2D eigenvalue weighted by atomic mass is 79.9. The topological polar surface area (TPSA) is 16.1 Å². The zero-order valence-corrected chi connectivity index (χ0v) is 11.8. The van der Waals surface area contributed by atoms with Crippen molar-refractivity contribution in [2.24, 2.45) is 0 Å². The van der Waals surface area contributed by atoms with E-state index in [1.54, 1.807) is 22.9 Å². The number of alkyl halides is 1. The quantitative estimate of drug-likeness (QED) is 0.798. The lowest BCUT2D eigenvalue weighted by Crippen LogP contribution is -2.19. The molecule has 90 valence electrons. The highest BCUT2D eigenvalue weighted by Gasteiger charge is 2.13. The Labute approximate surface area is 112 Å². The number of halogens is 2. The van der Waals surface area contributed by atoms with Crippen molar-refractivity contribution in [3.8, 4) is 0 Å². The van der Waals surface area contributed by atoms with E-state index in [0.29, 0.717) is 17.6 Å². The molecule has 1 aromatic heterocycles. The van der Waals surface area contributed by atoms with Gasteiger partial charge in [-0.05, 0) is 11.6 Å². The Bertz CT molecular complexity index is 487. The molecule has 1 aromatic carbocycles. The summed E-state index contributed by atoms with van der Waals surface area (Å²) >= 11 is 4.93. The molecular formula is C12H12BrFN2S. The van der Waals surface area contributed by atoms with E-state index in [0.717, 1.165) is 11.3 Å². The molecule has 0 fully saturated rings. The van der Waals surface area contributed by atoms with E-state index in [9.17, 15) is 4.39 Å². The van der Waals surface area contributed by atoms with Crippen molar-refractivity contribution < 1.29 is 4.39 Å². The van der Waals surface area contributed by atoms with Crippen LogP contribution in [-0.2, 0) is 11.9 Å². The van der Waals surface area contributed by atoms with Crippen molar-refractivity contribution in [2.45, 2.75) is 11.9 Å². The van der Waals surface area contributed by atoms with Gasteiger partial charge in [-0.15, -0.1) is 11.3 Å². The van der Waals surface area contributed by atoms with Crippen LogP contribution in [0, 0.1) is 5.82 Å². The number of para-hydroxylation sites is 1. The van der Waals surface area contributed by atoms with Gasteiger partial charge in [0.25, 0.3) is 0 Å². The summed E-state index contributed by atoms with van der Waals surface area (Å²) < 4.78 is 13.8. The first-order chi connectivity index (χ1) is 8.22. The van der Waals surface area contributed by atoms with Crippen LogP contribution in [0.5, 0.6) is 0 Å². The Kier molecular flexibility index (Phi) is 4.12. The number of hydrogen-bond acceptors (Lipinski definition) is 3. The molecule has 0 N–H and O–H groups in total. The highest BCUT2D eigenvalue weighted by Crippen LogP contribution is 2.26. The molecule has 0 aliphatic heterocycles. The predicted molar refractivity (Wildman–Crippen MR) is 73.3 cm³/mol. The van der Waals surface area contributed by atoms with E-state index in [4.69, 9.17) is 0 Å². The molecule has 1 heterocycles. The Balaban J connectivity index is 2.26. The van der Waals surface area contributed by atoms with Gasteiger partial charge in [0.2, 0.25) is 0 Å². The number of aromatic nitrogens is 1. The van der Waals surface area contributed by atoms with Gasteiger partial charge in [-0.25, -0.2) is 9.37 Å². The van der Waals surface area contributed by atoms with Gasteiger partial charge in [-0.3, -0.25) is 0 Å². The summed E-state index contributed by atoms with van der Waals surface area (Å²) in [5, 5.41) is 2.62. The average molecular weight is 315 g/mol. The molecule has 0 saturated carbocycles. The standard InChI is InChI=1S/C12H12BrFN2S/c1-16(6-10-7-17-8-15-10)12-9(5-13)3-2-4-11(12)14/h2-4,7-8H,5-6H2,1H3. The molecule has 2 nitrogen and oxygen atoms in total. The van der Waals surface area contributed by atoms with Gasteiger partial charge in [-0.1, -0.05) is 28.1 Å². The van der Waals surface area contributed by atoms with Crippen LogP contribution >= 0.6 is 27.3 Å². The van der Waals surface area contributed by atoms with Crippen LogP contribution in [0.3, 0.4) is 0 Å². The maximum atomic E-state index is 13.8. The van der Waals surface area contributed by atoms with Crippen molar-refractivity contribution >= 4 is 33.0 Å². The second-order valence-electron chi connectivity index (χ2n) is 3.72. The number of thiazole rings is 1. The smallest absolute Gasteiger partial charge is 0.146 e. The van der Waals surface area contributed by atoms with Gasteiger partial charge in [-0.2, -0.15) is 0 Å². The number of rotatable bonds is 4. The molecule has 0 spiro atoms. The van der Waals surface area contributed by atoms with Crippen molar-refractivity contribution in [3.05, 3.63) is 46.2 Å². The second-order valence-corrected chi connectivity index (χ2v) is 5.00. The normalized spacial score (nSPS) is 10.5. The third-order valence-corrected chi connectivity index (χ3v) is 3.72. The first-order valence-electron chi connectivity index (χ1n) is 5.14. The highest BCUT2D eigenvalue weighted by molar-refractivity contribution is 9.08. The van der Waals surface area contributed by atoms with E-state index < -0.39 is 0 Å². The molecule has 17 heavy (non-hydrogen) atoms. The van der Waals surface area contributed by atoms with Crippen LogP contribution in [0.2, 0.25) is 0 Å². The number of benzene rings is 1. The van der Waals surface area contributed by atoms with E-state index >= 15 is 0 Å².